The maximum Gasteiger partial charge on any atom is 0.242 e. The van der Waals surface area contributed by atoms with Crippen LogP contribution in [0.5, 0.6) is 0 Å². The predicted molar refractivity (Wildman–Crippen MR) is 81.9 cm³/mol. The first kappa shape index (κ1) is 16.0. The molecule has 1 heterocycles. The molecule has 21 heavy (non-hydrogen) atoms. The Morgan fingerprint density at radius 2 is 2.14 bits per heavy atom. The third kappa shape index (κ3) is 4.27. The van der Waals surface area contributed by atoms with E-state index < -0.39 is 10.0 Å². The van der Waals surface area contributed by atoms with Crippen molar-refractivity contribution in [2.24, 2.45) is 11.7 Å². The molecule has 5 nitrogen and oxygen atoms in total. The Morgan fingerprint density at radius 3 is 2.81 bits per heavy atom. The van der Waals surface area contributed by atoms with E-state index in [0.717, 1.165) is 12.8 Å². The average molecular weight is 307 g/mol. The van der Waals surface area contributed by atoms with E-state index in [4.69, 9.17) is 5.73 Å². The lowest BCUT2D eigenvalue weighted by Crippen LogP contribution is -2.37. The molecule has 1 aromatic heterocycles. The smallest absolute Gasteiger partial charge is 0.242 e. The number of pyridine rings is 1. The predicted octanol–water partition coefficient (Wildman–Crippen LogP) is 1.25. The summed E-state index contributed by atoms with van der Waals surface area (Å²) >= 11 is 0. The number of nitrogens with one attached hydrogen (secondary N) is 1. The fourth-order valence-corrected chi connectivity index (χ4v) is 3.95. The molecule has 1 aliphatic carbocycles. The second-order valence-electron chi connectivity index (χ2n) is 5.37. The Bertz CT molecular complexity index is 640. The number of sulfonamides is 1. The van der Waals surface area contributed by atoms with Gasteiger partial charge in [-0.25, -0.2) is 13.1 Å². The lowest BCUT2D eigenvalue weighted by Gasteiger charge is -2.20. The number of aromatic nitrogens is 1. The van der Waals surface area contributed by atoms with Crippen LogP contribution in [0.2, 0.25) is 0 Å². The number of hydrogen-bond acceptors (Lipinski definition) is 4. The van der Waals surface area contributed by atoms with Crippen LogP contribution in [0, 0.1) is 17.8 Å². The van der Waals surface area contributed by atoms with Crippen molar-refractivity contribution in [3.05, 3.63) is 24.0 Å². The first-order valence-electron chi connectivity index (χ1n) is 7.19. The Hall–Kier alpha value is -1.42. The minimum absolute atomic E-state index is 0.0590. The fourth-order valence-electron chi connectivity index (χ4n) is 2.65. The van der Waals surface area contributed by atoms with E-state index in [0.29, 0.717) is 11.5 Å². The van der Waals surface area contributed by atoms with Gasteiger partial charge in [0.15, 0.2) is 0 Å². The average Bonchev–Trinajstić information content (AvgIpc) is 2.99. The molecule has 1 unspecified atom stereocenters. The van der Waals surface area contributed by atoms with Gasteiger partial charge in [0.1, 0.15) is 4.90 Å². The maximum absolute atomic E-state index is 12.4. The highest BCUT2D eigenvalue weighted by molar-refractivity contribution is 7.89. The Kier molecular flexibility index (Phi) is 5.34. The zero-order valence-corrected chi connectivity index (χ0v) is 13.0. The minimum atomic E-state index is -3.56. The SMILES string of the molecule is CC(NS(=O)(=O)c1cncc(C#CCN)c1)C1CCCC1. The quantitative estimate of drug-likeness (QED) is 0.820. The molecule has 0 spiro atoms. The van der Waals surface area contributed by atoms with Crippen molar-refractivity contribution in [3.8, 4) is 11.8 Å². The van der Waals surface area contributed by atoms with Gasteiger partial charge in [0, 0.05) is 24.0 Å². The van der Waals surface area contributed by atoms with E-state index >= 15 is 0 Å². The summed E-state index contributed by atoms with van der Waals surface area (Å²) in [6, 6.07) is 1.47. The zero-order chi connectivity index (χ0) is 15.3. The lowest BCUT2D eigenvalue weighted by atomic mass is 10.0. The molecule has 114 valence electrons. The summed E-state index contributed by atoms with van der Waals surface area (Å²) in [5.74, 6) is 5.91. The van der Waals surface area contributed by atoms with Gasteiger partial charge in [-0.15, -0.1) is 0 Å². The van der Waals surface area contributed by atoms with Gasteiger partial charge in [-0.05, 0) is 31.7 Å². The molecule has 1 saturated carbocycles. The van der Waals surface area contributed by atoms with Crippen LogP contribution in [-0.2, 0) is 10.0 Å². The second-order valence-corrected chi connectivity index (χ2v) is 7.08. The van der Waals surface area contributed by atoms with Crippen molar-refractivity contribution in [1.82, 2.24) is 9.71 Å². The van der Waals surface area contributed by atoms with Crippen molar-refractivity contribution in [1.29, 1.82) is 0 Å². The highest BCUT2D eigenvalue weighted by Crippen LogP contribution is 2.28. The lowest BCUT2D eigenvalue weighted by molar-refractivity contribution is 0.424. The van der Waals surface area contributed by atoms with Crippen LogP contribution in [0.4, 0.5) is 0 Å². The van der Waals surface area contributed by atoms with Crippen molar-refractivity contribution in [3.63, 3.8) is 0 Å². The van der Waals surface area contributed by atoms with Crippen molar-refractivity contribution < 1.29 is 8.42 Å². The molecular formula is C15H21N3O2S. The van der Waals surface area contributed by atoms with Gasteiger partial charge in [0.2, 0.25) is 10.0 Å². The van der Waals surface area contributed by atoms with E-state index in [2.05, 4.69) is 21.5 Å². The van der Waals surface area contributed by atoms with Crippen LogP contribution in [0.15, 0.2) is 23.4 Å². The van der Waals surface area contributed by atoms with Gasteiger partial charge in [0.05, 0.1) is 6.54 Å². The monoisotopic (exact) mass is 307 g/mol. The molecule has 0 saturated heterocycles. The molecule has 0 aromatic carbocycles. The number of hydrogen-bond donors (Lipinski definition) is 2. The summed E-state index contributed by atoms with van der Waals surface area (Å²) < 4.78 is 27.6. The van der Waals surface area contributed by atoms with Crippen LogP contribution in [0.3, 0.4) is 0 Å². The summed E-state index contributed by atoms with van der Waals surface area (Å²) in [7, 11) is -3.56. The second kappa shape index (κ2) is 7.03. The topological polar surface area (TPSA) is 85.1 Å². The van der Waals surface area contributed by atoms with Crippen LogP contribution < -0.4 is 10.5 Å². The first-order valence-corrected chi connectivity index (χ1v) is 8.67. The van der Waals surface area contributed by atoms with Gasteiger partial charge in [-0.3, -0.25) is 4.98 Å². The molecular weight excluding hydrogens is 286 g/mol. The summed E-state index contributed by atoms with van der Waals surface area (Å²) in [5.41, 5.74) is 5.86. The summed E-state index contributed by atoms with van der Waals surface area (Å²) in [6.45, 7) is 2.16. The molecule has 0 amide bonds. The van der Waals surface area contributed by atoms with Crippen molar-refractivity contribution >= 4 is 10.0 Å². The highest BCUT2D eigenvalue weighted by atomic mass is 32.2. The Labute approximate surface area is 126 Å². The van der Waals surface area contributed by atoms with E-state index in [9.17, 15) is 8.42 Å². The van der Waals surface area contributed by atoms with E-state index in [1.165, 1.54) is 31.3 Å². The summed E-state index contributed by atoms with van der Waals surface area (Å²) in [5, 5.41) is 0. The van der Waals surface area contributed by atoms with Crippen LogP contribution in [0.25, 0.3) is 0 Å². The van der Waals surface area contributed by atoms with Crippen LogP contribution >= 0.6 is 0 Å². The van der Waals surface area contributed by atoms with E-state index in [-0.39, 0.29) is 17.5 Å². The standard InChI is InChI=1S/C15H21N3O2S/c1-12(14-6-2-3-7-14)18-21(19,20)15-9-13(5-4-8-16)10-17-11-15/h9-12,14,18H,2-3,6-8,16H2,1H3. The molecule has 1 atom stereocenters. The third-order valence-electron chi connectivity index (χ3n) is 3.81. The van der Waals surface area contributed by atoms with E-state index in [1.807, 2.05) is 6.92 Å². The fraction of sp³-hybridized carbons (Fsp3) is 0.533. The minimum Gasteiger partial charge on any atom is -0.320 e. The van der Waals surface area contributed by atoms with Gasteiger partial charge >= 0.3 is 0 Å². The molecule has 0 bridgehead atoms. The van der Waals surface area contributed by atoms with Gasteiger partial charge < -0.3 is 5.73 Å². The molecule has 3 N–H and O–H groups in total. The van der Waals surface area contributed by atoms with Crippen molar-refractivity contribution in [2.75, 3.05) is 6.54 Å². The third-order valence-corrected chi connectivity index (χ3v) is 5.33. The van der Waals surface area contributed by atoms with Gasteiger partial charge in [0.25, 0.3) is 0 Å². The van der Waals surface area contributed by atoms with Gasteiger partial charge in [-0.2, -0.15) is 0 Å². The van der Waals surface area contributed by atoms with Crippen molar-refractivity contribution in [2.45, 2.75) is 43.5 Å². The normalized spacial score (nSPS) is 17.2. The number of nitrogens with zero attached hydrogens (tertiary/aromatic N) is 1. The highest BCUT2D eigenvalue weighted by Gasteiger charge is 2.26. The molecule has 1 aromatic rings. The molecule has 0 radical (unpaired) electrons. The van der Waals surface area contributed by atoms with Crippen LogP contribution in [-0.4, -0.2) is 26.0 Å². The first-order chi connectivity index (χ1) is 10.0. The number of rotatable bonds is 4. The zero-order valence-electron chi connectivity index (χ0n) is 12.2. The molecule has 0 aliphatic heterocycles. The summed E-state index contributed by atoms with van der Waals surface area (Å²) in [6.07, 6.45) is 7.41. The molecule has 1 aliphatic rings. The van der Waals surface area contributed by atoms with E-state index in [1.54, 1.807) is 0 Å². The number of nitrogens with two attached hydrogens (primary N) is 1. The Morgan fingerprint density at radius 1 is 1.43 bits per heavy atom. The largest absolute Gasteiger partial charge is 0.320 e. The van der Waals surface area contributed by atoms with Crippen LogP contribution in [0.1, 0.15) is 38.2 Å². The molecule has 6 heteroatoms. The Balaban J connectivity index is 2.15. The molecule has 1 fully saturated rings. The molecule has 2 rings (SSSR count). The maximum atomic E-state index is 12.4. The van der Waals surface area contributed by atoms with Gasteiger partial charge in [-0.1, -0.05) is 24.7 Å². The summed E-state index contributed by atoms with van der Waals surface area (Å²) in [4.78, 5) is 4.10.